The zero-order valence-electron chi connectivity index (χ0n) is 6.93. The lowest BCUT2D eigenvalue weighted by atomic mass is 10.2. The van der Waals surface area contributed by atoms with Crippen molar-refractivity contribution in [2.45, 2.75) is 38.8 Å². The molecule has 0 aromatic rings. The van der Waals surface area contributed by atoms with Crippen molar-refractivity contribution >= 4 is 0 Å². The molecule has 10 heavy (non-hydrogen) atoms. The molecule has 0 aromatic carbocycles. The Hall–Kier alpha value is -0.0800. The lowest BCUT2D eigenvalue weighted by molar-refractivity contribution is 0.207. The van der Waals surface area contributed by atoms with E-state index >= 15 is 0 Å². The van der Waals surface area contributed by atoms with Gasteiger partial charge in [0.2, 0.25) is 0 Å². The first-order chi connectivity index (χ1) is 4.75. The van der Waals surface area contributed by atoms with Crippen LogP contribution in [0.25, 0.3) is 0 Å². The van der Waals surface area contributed by atoms with Gasteiger partial charge in [0.15, 0.2) is 0 Å². The number of nitrogens with zero attached hydrogens (tertiary/aromatic N) is 1. The van der Waals surface area contributed by atoms with E-state index in [1.165, 1.54) is 19.4 Å². The molecule has 1 saturated heterocycles. The molecule has 0 spiro atoms. The SMILES string of the molecule is CC(C)N1CCC[C@H]1C[NH]. The second-order valence-electron chi connectivity index (χ2n) is 3.33. The first-order valence-electron chi connectivity index (χ1n) is 4.16. The van der Waals surface area contributed by atoms with E-state index in [2.05, 4.69) is 18.7 Å². The molecule has 1 atom stereocenters. The van der Waals surface area contributed by atoms with Gasteiger partial charge in [0.05, 0.1) is 0 Å². The van der Waals surface area contributed by atoms with Gasteiger partial charge >= 0.3 is 0 Å². The van der Waals surface area contributed by atoms with E-state index in [1.807, 2.05) is 0 Å². The lowest BCUT2D eigenvalue weighted by Gasteiger charge is -2.26. The Morgan fingerprint density at radius 2 is 2.30 bits per heavy atom. The second-order valence-corrected chi connectivity index (χ2v) is 3.33. The summed E-state index contributed by atoms with van der Waals surface area (Å²) in [5.41, 5.74) is 7.28. The van der Waals surface area contributed by atoms with Crippen molar-refractivity contribution in [3.63, 3.8) is 0 Å². The van der Waals surface area contributed by atoms with Crippen molar-refractivity contribution < 1.29 is 0 Å². The number of nitrogens with one attached hydrogen (secondary N) is 1. The van der Waals surface area contributed by atoms with Gasteiger partial charge in [-0.2, -0.15) is 0 Å². The first kappa shape index (κ1) is 8.02. The predicted octanol–water partition coefficient (Wildman–Crippen LogP) is 1.14. The Morgan fingerprint density at radius 3 is 2.70 bits per heavy atom. The maximum atomic E-state index is 7.28. The van der Waals surface area contributed by atoms with Gasteiger partial charge < -0.3 is 0 Å². The van der Waals surface area contributed by atoms with Crippen LogP contribution in [0.2, 0.25) is 0 Å². The van der Waals surface area contributed by atoms with Gasteiger partial charge in [-0.05, 0) is 33.2 Å². The van der Waals surface area contributed by atoms with Crippen molar-refractivity contribution in [3.05, 3.63) is 0 Å². The Morgan fingerprint density at radius 1 is 1.60 bits per heavy atom. The Kier molecular flexibility index (Phi) is 2.69. The quantitative estimate of drug-likeness (QED) is 0.566. The molecule has 1 N–H and O–H groups in total. The number of hydrogen-bond acceptors (Lipinski definition) is 1. The lowest BCUT2D eigenvalue weighted by Crippen LogP contribution is -2.37. The van der Waals surface area contributed by atoms with Gasteiger partial charge in [0.25, 0.3) is 0 Å². The highest BCUT2D eigenvalue weighted by Crippen LogP contribution is 2.18. The standard InChI is InChI=1S/C8H17N2/c1-7(2)10-5-3-4-8(10)6-9/h7-9H,3-6H2,1-2H3/t8-/m0/s1. The molecule has 0 unspecified atom stereocenters. The minimum atomic E-state index is 0.556. The van der Waals surface area contributed by atoms with E-state index in [9.17, 15) is 0 Å². The van der Waals surface area contributed by atoms with Crippen molar-refractivity contribution in [2.24, 2.45) is 0 Å². The number of likely N-dealkylation sites (tertiary alicyclic amines) is 1. The topological polar surface area (TPSA) is 27.0 Å². The van der Waals surface area contributed by atoms with Crippen LogP contribution in [0.5, 0.6) is 0 Å². The first-order valence-corrected chi connectivity index (χ1v) is 4.16. The molecular formula is C8H17N2. The fourth-order valence-corrected chi connectivity index (χ4v) is 1.76. The molecule has 0 saturated carbocycles. The zero-order valence-corrected chi connectivity index (χ0v) is 6.93. The third-order valence-electron chi connectivity index (χ3n) is 2.32. The average molecular weight is 141 g/mol. The molecule has 1 aliphatic rings. The summed E-state index contributed by atoms with van der Waals surface area (Å²) in [7, 11) is 0. The Labute approximate surface area is 63.4 Å². The summed E-state index contributed by atoms with van der Waals surface area (Å²) in [6.45, 7) is 6.22. The highest BCUT2D eigenvalue weighted by atomic mass is 15.2. The molecule has 2 nitrogen and oxygen atoms in total. The van der Waals surface area contributed by atoms with E-state index < -0.39 is 0 Å². The van der Waals surface area contributed by atoms with E-state index in [1.54, 1.807) is 0 Å². The van der Waals surface area contributed by atoms with Crippen LogP contribution in [0.3, 0.4) is 0 Å². The fourth-order valence-electron chi connectivity index (χ4n) is 1.76. The van der Waals surface area contributed by atoms with Crippen molar-refractivity contribution in [1.29, 1.82) is 0 Å². The molecule has 0 amide bonds. The van der Waals surface area contributed by atoms with Crippen LogP contribution in [0.4, 0.5) is 0 Å². The van der Waals surface area contributed by atoms with E-state index in [-0.39, 0.29) is 0 Å². The summed E-state index contributed by atoms with van der Waals surface area (Å²) in [6.07, 6.45) is 2.53. The maximum absolute atomic E-state index is 7.28. The summed E-state index contributed by atoms with van der Waals surface area (Å²) >= 11 is 0. The van der Waals surface area contributed by atoms with Crippen molar-refractivity contribution in [2.75, 3.05) is 13.1 Å². The average Bonchev–Trinajstić information content (AvgIpc) is 2.33. The van der Waals surface area contributed by atoms with Gasteiger partial charge in [-0.25, -0.2) is 0 Å². The van der Waals surface area contributed by atoms with Crippen LogP contribution in [0.1, 0.15) is 26.7 Å². The molecule has 0 aromatic heterocycles. The molecule has 1 rings (SSSR count). The summed E-state index contributed by atoms with van der Waals surface area (Å²) in [5, 5.41) is 0. The summed E-state index contributed by atoms with van der Waals surface area (Å²) in [5.74, 6) is 0. The van der Waals surface area contributed by atoms with E-state index in [0.29, 0.717) is 18.6 Å². The molecule has 0 bridgehead atoms. The second kappa shape index (κ2) is 3.35. The Balaban J connectivity index is 2.42. The molecule has 59 valence electrons. The largest absolute Gasteiger partial charge is 0.297 e. The van der Waals surface area contributed by atoms with Crippen LogP contribution in [-0.4, -0.2) is 30.1 Å². The number of rotatable bonds is 2. The molecule has 2 heteroatoms. The summed E-state index contributed by atoms with van der Waals surface area (Å²) < 4.78 is 0. The molecule has 1 fully saturated rings. The van der Waals surface area contributed by atoms with Crippen molar-refractivity contribution in [3.8, 4) is 0 Å². The third kappa shape index (κ3) is 1.50. The minimum absolute atomic E-state index is 0.556. The normalized spacial score (nSPS) is 28.2. The minimum Gasteiger partial charge on any atom is -0.297 e. The zero-order chi connectivity index (χ0) is 7.56. The van der Waals surface area contributed by atoms with Crippen LogP contribution in [0.15, 0.2) is 0 Å². The molecule has 1 radical (unpaired) electrons. The van der Waals surface area contributed by atoms with Crippen LogP contribution in [0, 0.1) is 0 Å². The van der Waals surface area contributed by atoms with Gasteiger partial charge in [-0.1, -0.05) is 0 Å². The smallest absolute Gasteiger partial charge is 0.0256 e. The van der Waals surface area contributed by atoms with Crippen molar-refractivity contribution in [1.82, 2.24) is 10.6 Å². The van der Waals surface area contributed by atoms with Crippen LogP contribution >= 0.6 is 0 Å². The highest BCUT2D eigenvalue weighted by Gasteiger charge is 2.24. The summed E-state index contributed by atoms with van der Waals surface area (Å²) in [6, 6.07) is 1.19. The van der Waals surface area contributed by atoms with E-state index in [0.717, 1.165) is 0 Å². The van der Waals surface area contributed by atoms with Crippen LogP contribution in [-0.2, 0) is 0 Å². The summed E-state index contributed by atoms with van der Waals surface area (Å²) in [4.78, 5) is 2.44. The maximum Gasteiger partial charge on any atom is 0.0256 e. The fraction of sp³-hybridized carbons (Fsp3) is 1.00. The van der Waals surface area contributed by atoms with Gasteiger partial charge in [-0.3, -0.25) is 10.6 Å². The van der Waals surface area contributed by atoms with E-state index in [4.69, 9.17) is 5.73 Å². The molecule has 1 aliphatic heterocycles. The third-order valence-corrected chi connectivity index (χ3v) is 2.32. The molecule has 0 aliphatic carbocycles. The van der Waals surface area contributed by atoms with Gasteiger partial charge in [-0.15, -0.1) is 0 Å². The number of hydrogen-bond donors (Lipinski definition) is 0. The predicted molar refractivity (Wildman–Crippen MR) is 42.8 cm³/mol. The van der Waals surface area contributed by atoms with Gasteiger partial charge in [0.1, 0.15) is 0 Å². The molecular weight excluding hydrogens is 124 g/mol. The highest BCUT2D eigenvalue weighted by molar-refractivity contribution is 4.81. The Bertz CT molecular complexity index is 101. The van der Waals surface area contributed by atoms with Crippen LogP contribution < -0.4 is 5.73 Å². The van der Waals surface area contributed by atoms with Gasteiger partial charge in [0, 0.05) is 18.6 Å². The monoisotopic (exact) mass is 141 g/mol. The molecule has 1 heterocycles.